The molecule has 0 aliphatic carbocycles. The number of hydrogen-bond donors (Lipinski definition) is 0. The van der Waals surface area contributed by atoms with Gasteiger partial charge in [0.1, 0.15) is 0 Å². The summed E-state index contributed by atoms with van der Waals surface area (Å²) in [4.78, 5) is 21.5. The molecule has 1 aromatic carbocycles. The Morgan fingerprint density at radius 3 is 2.89 bits per heavy atom. The van der Waals surface area contributed by atoms with E-state index in [1.165, 1.54) is 5.56 Å². The molecule has 4 rings (SSSR count). The van der Waals surface area contributed by atoms with Gasteiger partial charge in [-0.2, -0.15) is 0 Å². The van der Waals surface area contributed by atoms with Gasteiger partial charge in [-0.3, -0.25) is 4.98 Å². The fourth-order valence-corrected chi connectivity index (χ4v) is 5.08. The number of carbonyl (C=O) groups is 1. The van der Waals surface area contributed by atoms with Crippen molar-refractivity contribution in [2.75, 3.05) is 19.6 Å². The first kappa shape index (κ1) is 18.6. The van der Waals surface area contributed by atoms with E-state index in [9.17, 15) is 4.79 Å². The largest absolute Gasteiger partial charge is 0.324 e. The second-order valence-corrected chi connectivity index (χ2v) is 8.28. The molecule has 2 atom stereocenters. The monoisotopic (exact) mass is 403 g/mol. The molecule has 0 saturated carbocycles. The van der Waals surface area contributed by atoms with E-state index in [0.29, 0.717) is 22.5 Å². The summed E-state index contributed by atoms with van der Waals surface area (Å²) in [5.74, 6) is 0.353. The van der Waals surface area contributed by atoms with Crippen LogP contribution in [0.25, 0.3) is 0 Å². The number of piperidine rings is 1. The number of aromatic nitrogens is 1. The average molecular weight is 404 g/mol. The summed E-state index contributed by atoms with van der Waals surface area (Å²) in [6.45, 7) is 4.30. The van der Waals surface area contributed by atoms with Gasteiger partial charge in [0.05, 0.1) is 6.04 Å². The van der Waals surface area contributed by atoms with Gasteiger partial charge in [-0.1, -0.05) is 29.3 Å². The molecule has 2 aromatic rings. The molecule has 142 valence electrons. The van der Waals surface area contributed by atoms with Crippen LogP contribution in [0, 0.1) is 0 Å². The first-order valence-corrected chi connectivity index (χ1v) is 10.2. The number of amides is 2. The quantitative estimate of drug-likeness (QED) is 0.646. The lowest BCUT2D eigenvalue weighted by molar-refractivity contribution is 0.120. The number of urea groups is 1. The van der Waals surface area contributed by atoms with Gasteiger partial charge < -0.3 is 9.80 Å². The highest BCUT2D eigenvalue weighted by Crippen LogP contribution is 2.38. The normalized spacial score (nSPS) is 22.5. The van der Waals surface area contributed by atoms with Crippen molar-refractivity contribution >= 4 is 29.2 Å². The zero-order chi connectivity index (χ0) is 19.0. The Balaban J connectivity index is 1.52. The number of halogens is 2. The first-order valence-electron chi connectivity index (χ1n) is 9.48. The number of fused-ring (bicyclic) bond motifs is 1. The Kier molecular flexibility index (Phi) is 5.29. The van der Waals surface area contributed by atoms with Gasteiger partial charge in [-0.05, 0) is 61.1 Å². The number of nitrogens with zero attached hydrogens (tertiary/aromatic N) is 3. The zero-order valence-electron chi connectivity index (χ0n) is 15.4. The van der Waals surface area contributed by atoms with Crippen LogP contribution in [0.1, 0.15) is 48.4 Å². The molecule has 2 unspecified atom stereocenters. The Morgan fingerprint density at radius 1 is 1.26 bits per heavy atom. The van der Waals surface area contributed by atoms with Crippen LogP contribution in [-0.4, -0.2) is 40.4 Å². The standard InChI is InChI=1S/C21H23Cl2N3O/c1-14-20-15(10-18(22)11-19(20)23)6-9-26(14)21(27)25-8-3-5-17(13-25)16-4-2-7-24-12-16/h2,4,7,10-12,14,17H,3,5-6,8-9,13H2,1H3. The van der Waals surface area contributed by atoms with Crippen molar-refractivity contribution in [1.29, 1.82) is 0 Å². The smallest absolute Gasteiger partial charge is 0.320 e. The van der Waals surface area contributed by atoms with Crippen LogP contribution in [0.3, 0.4) is 0 Å². The molecular weight excluding hydrogens is 381 g/mol. The Morgan fingerprint density at radius 2 is 2.11 bits per heavy atom. The van der Waals surface area contributed by atoms with E-state index >= 15 is 0 Å². The number of carbonyl (C=O) groups excluding carboxylic acids is 1. The van der Waals surface area contributed by atoms with E-state index in [-0.39, 0.29) is 12.1 Å². The lowest BCUT2D eigenvalue weighted by Crippen LogP contribution is -2.49. The lowest BCUT2D eigenvalue weighted by atomic mass is 9.91. The van der Waals surface area contributed by atoms with E-state index in [1.54, 1.807) is 12.3 Å². The van der Waals surface area contributed by atoms with Crippen LogP contribution < -0.4 is 0 Å². The molecule has 0 radical (unpaired) electrons. The molecule has 2 amide bonds. The molecule has 27 heavy (non-hydrogen) atoms. The highest BCUT2D eigenvalue weighted by atomic mass is 35.5. The second kappa shape index (κ2) is 7.69. The Hall–Kier alpha value is -1.78. The van der Waals surface area contributed by atoms with Crippen molar-refractivity contribution in [1.82, 2.24) is 14.8 Å². The van der Waals surface area contributed by atoms with Gasteiger partial charge in [-0.25, -0.2) is 4.79 Å². The van der Waals surface area contributed by atoms with Gasteiger partial charge >= 0.3 is 6.03 Å². The summed E-state index contributed by atoms with van der Waals surface area (Å²) in [6, 6.07) is 7.87. The molecule has 1 aromatic heterocycles. The van der Waals surface area contributed by atoms with Gasteiger partial charge in [0, 0.05) is 48.0 Å². The van der Waals surface area contributed by atoms with E-state index in [4.69, 9.17) is 23.2 Å². The molecule has 1 fully saturated rings. The number of pyridine rings is 1. The third kappa shape index (κ3) is 3.65. The molecule has 2 aliphatic heterocycles. The first-order chi connectivity index (χ1) is 13.0. The van der Waals surface area contributed by atoms with Crippen LogP contribution in [0.15, 0.2) is 36.7 Å². The average Bonchev–Trinajstić information content (AvgIpc) is 2.68. The molecule has 1 saturated heterocycles. The third-order valence-corrected chi connectivity index (χ3v) is 6.31. The Bertz CT molecular complexity index is 843. The van der Waals surface area contributed by atoms with Gasteiger partial charge in [0.15, 0.2) is 0 Å². The van der Waals surface area contributed by atoms with Gasteiger partial charge in [0.2, 0.25) is 0 Å². The van der Waals surface area contributed by atoms with Crippen molar-refractivity contribution in [3.05, 3.63) is 63.4 Å². The topological polar surface area (TPSA) is 36.4 Å². The summed E-state index contributed by atoms with van der Waals surface area (Å²) in [5, 5.41) is 1.30. The van der Waals surface area contributed by atoms with E-state index < -0.39 is 0 Å². The number of benzene rings is 1. The maximum absolute atomic E-state index is 13.3. The molecule has 3 heterocycles. The van der Waals surface area contributed by atoms with Crippen LogP contribution in [0.2, 0.25) is 10.0 Å². The van der Waals surface area contributed by atoms with Gasteiger partial charge in [-0.15, -0.1) is 0 Å². The van der Waals surface area contributed by atoms with Gasteiger partial charge in [0.25, 0.3) is 0 Å². The predicted octanol–water partition coefficient (Wildman–Crippen LogP) is 5.31. The second-order valence-electron chi connectivity index (χ2n) is 7.43. The minimum absolute atomic E-state index is 0.0511. The number of rotatable bonds is 1. The van der Waals surface area contributed by atoms with Crippen LogP contribution in [-0.2, 0) is 6.42 Å². The third-order valence-electron chi connectivity index (χ3n) is 5.78. The zero-order valence-corrected chi connectivity index (χ0v) is 16.9. The lowest BCUT2D eigenvalue weighted by Gasteiger charge is -2.41. The van der Waals surface area contributed by atoms with Crippen molar-refractivity contribution < 1.29 is 4.79 Å². The number of likely N-dealkylation sites (tertiary alicyclic amines) is 1. The van der Waals surface area contributed by atoms with E-state index in [0.717, 1.165) is 43.5 Å². The maximum atomic E-state index is 13.3. The molecule has 0 N–H and O–H groups in total. The highest BCUT2D eigenvalue weighted by Gasteiger charge is 2.34. The SMILES string of the molecule is CC1c2c(Cl)cc(Cl)cc2CCN1C(=O)N1CCCC(c2cccnc2)C1. The van der Waals surface area contributed by atoms with Crippen molar-refractivity contribution in [2.45, 2.75) is 38.1 Å². The Labute approximate surface area is 170 Å². The molecule has 4 nitrogen and oxygen atoms in total. The maximum Gasteiger partial charge on any atom is 0.320 e. The molecule has 0 bridgehead atoms. The highest BCUT2D eigenvalue weighted by molar-refractivity contribution is 6.35. The summed E-state index contributed by atoms with van der Waals surface area (Å²) in [6.07, 6.45) is 6.60. The summed E-state index contributed by atoms with van der Waals surface area (Å²) in [5.41, 5.74) is 3.39. The molecule has 0 spiro atoms. The van der Waals surface area contributed by atoms with Crippen LogP contribution in [0.5, 0.6) is 0 Å². The van der Waals surface area contributed by atoms with Crippen LogP contribution >= 0.6 is 23.2 Å². The van der Waals surface area contributed by atoms with E-state index in [2.05, 4.69) is 18.0 Å². The predicted molar refractivity (Wildman–Crippen MR) is 108 cm³/mol. The van der Waals surface area contributed by atoms with Crippen LogP contribution in [0.4, 0.5) is 4.79 Å². The summed E-state index contributed by atoms with van der Waals surface area (Å²) >= 11 is 12.6. The molecular formula is C21H23Cl2N3O. The fourth-order valence-electron chi connectivity index (χ4n) is 4.39. The minimum atomic E-state index is -0.0511. The number of hydrogen-bond acceptors (Lipinski definition) is 2. The van der Waals surface area contributed by atoms with E-state index in [1.807, 2.05) is 28.1 Å². The fraction of sp³-hybridized carbons (Fsp3) is 0.429. The van der Waals surface area contributed by atoms with Crippen molar-refractivity contribution in [2.24, 2.45) is 0 Å². The molecule has 6 heteroatoms. The summed E-state index contributed by atoms with van der Waals surface area (Å²) < 4.78 is 0. The minimum Gasteiger partial charge on any atom is -0.324 e. The van der Waals surface area contributed by atoms with Crippen molar-refractivity contribution in [3.63, 3.8) is 0 Å². The molecule has 2 aliphatic rings. The summed E-state index contributed by atoms with van der Waals surface area (Å²) in [7, 11) is 0. The van der Waals surface area contributed by atoms with Crippen molar-refractivity contribution in [3.8, 4) is 0 Å².